The van der Waals surface area contributed by atoms with Crippen LogP contribution in [0.25, 0.3) is 21.8 Å². The Hall–Kier alpha value is -5.19. The quantitative estimate of drug-likeness (QED) is 0.0486. The number of fused-ring (bicyclic) bond motifs is 2. The highest BCUT2D eigenvalue weighted by Gasteiger charge is 2.51. The first kappa shape index (κ1) is 40.5. The van der Waals surface area contributed by atoms with E-state index >= 15 is 0 Å². The number of unbranched alkanes of at least 4 members (excludes halogenated alkanes) is 3. The number of ketones is 1. The maximum Gasteiger partial charge on any atom is 0.294 e. The van der Waals surface area contributed by atoms with Crippen LogP contribution in [-0.4, -0.2) is 50.4 Å². The number of aromatic nitrogens is 3. The summed E-state index contributed by atoms with van der Waals surface area (Å²) in [4.78, 5) is 41.2. The van der Waals surface area contributed by atoms with Crippen molar-refractivity contribution < 1.29 is 24.3 Å². The first-order chi connectivity index (χ1) is 26.7. The van der Waals surface area contributed by atoms with Crippen molar-refractivity contribution in [3.05, 3.63) is 105 Å². The number of ether oxygens (including phenoxy) is 1. The Balaban J connectivity index is 0.000000188. The van der Waals surface area contributed by atoms with Crippen LogP contribution in [0.4, 0.5) is 0 Å². The average molecular weight is 764 g/mol. The van der Waals surface area contributed by atoms with Crippen molar-refractivity contribution in [3.63, 3.8) is 0 Å². The molecule has 2 aromatic heterocycles. The summed E-state index contributed by atoms with van der Waals surface area (Å²) < 4.78 is 9.27. The Morgan fingerprint density at radius 1 is 0.857 bits per heavy atom. The fourth-order valence-electron chi connectivity index (χ4n) is 9.97. The molecule has 11 heteroatoms. The zero-order valence-corrected chi connectivity index (χ0v) is 32.3. The number of methoxy groups -OCH3 is 1. The van der Waals surface area contributed by atoms with Gasteiger partial charge in [-0.2, -0.15) is 5.10 Å². The van der Waals surface area contributed by atoms with Crippen LogP contribution in [0.3, 0.4) is 0 Å². The second-order valence-electron chi connectivity index (χ2n) is 15.9. The van der Waals surface area contributed by atoms with Gasteiger partial charge in [0.25, 0.3) is 11.0 Å². The summed E-state index contributed by atoms with van der Waals surface area (Å²) in [6.45, 7) is 5.72. The molecule has 0 atom stereocenters. The maximum atomic E-state index is 13.3. The van der Waals surface area contributed by atoms with Gasteiger partial charge in [0.1, 0.15) is 5.75 Å². The van der Waals surface area contributed by atoms with Gasteiger partial charge >= 0.3 is 0 Å². The molecule has 4 bridgehead atoms. The number of nitrogens with one attached hydrogen (secondary N) is 1. The third-order valence-corrected chi connectivity index (χ3v) is 12.0. The molecule has 0 unspecified atom stereocenters. The van der Waals surface area contributed by atoms with Gasteiger partial charge in [-0.3, -0.25) is 14.3 Å². The van der Waals surface area contributed by atoms with Crippen LogP contribution >= 0.6 is 0 Å². The molecule has 0 saturated heterocycles. The molecule has 4 aliphatic carbocycles. The lowest BCUT2D eigenvalue weighted by Crippen LogP contribution is -2.59. The third-order valence-electron chi connectivity index (χ3n) is 12.0. The second-order valence-corrected chi connectivity index (χ2v) is 15.9. The molecule has 11 nitrogen and oxygen atoms in total. The van der Waals surface area contributed by atoms with Crippen LogP contribution < -0.4 is 10.1 Å². The first-order valence-corrected chi connectivity index (χ1v) is 20.0. The van der Waals surface area contributed by atoms with Crippen LogP contribution in [0.15, 0.2) is 72.8 Å². The molecule has 3 aromatic carbocycles. The number of nitrogens with zero attached hydrogens (tertiary/aromatic N) is 4. The summed E-state index contributed by atoms with van der Waals surface area (Å²) in [6, 6.07) is 23.3. The van der Waals surface area contributed by atoms with Crippen LogP contribution in [0, 0.1) is 34.8 Å². The minimum Gasteiger partial charge on any atom is -0.497 e. The van der Waals surface area contributed by atoms with Gasteiger partial charge in [-0.05, 0) is 112 Å². The highest BCUT2D eigenvalue weighted by atomic mass is 16.9. The van der Waals surface area contributed by atoms with E-state index in [9.17, 15) is 19.7 Å². The molecule has 0 radical (unpaired) electrons. The van der Waals surface area contributed by atoms with Crippen molar-refractivity contribution in [2.45, 2.75) is 111 Å². The number of para-hydroxylation sites is 2. The standard InChI is InChI=1S/C23H27NO2.C21H26N4O4.CH4/c1-4-5-6-9-16-24-17(2)22(20-10-7-8-11-21(20)24)23(25)18-12-14-19(26-3)15-13-18;26-20(22-21-11-14-8-15(12-21)10-16(9-14)13-21)19-17-4-1-2-5-18(17)24(23-19)6-3-7-29-25(27)28;/h7-8,10-15H,4-6,9,16H2,1-3H3;1-2,4-5,14-16H,3,6-13H2,(H,22,26);1H4. The minimum atomic E-state index is -0.786. The van der Waals surface area contributed by atoms with E-state index in [1.165, 1.54) is 38.5 Å². The van der Waals surface area contributed by atoms with Gasteiger partial charge in [-0.1, -0.05) is 70.0 Å². The van der Waals surface area contributed by atoms with Crippen molar-refractivity contribution in [2.75, 3.05) is 13.7 Å². The van der Waals surface area contributed by atoms with Crippen LogP contribution in [0.1, 0.15) is 117 Å². The Morgan fingerprint density at radius 2 is 1.48 bits per heavy atom. The molecule has 9 rings (SSSR count). The topological polar surface area (TPSA) is 131 Å². The Labute approximate surface area is 329 Å². The maximum absolute atomic E-state index is 13.3. The number of hydrogen-bond acceptors (Lipinski definition) is 7. The zero-order valence-electron chi connectivity index (χ0n) is 32.3. The number of rotatable bonds is 15. The molecule has 56 heavy (non-hydrogen) atoms. The third kappa shape index (κ3) is 8.61. The van der Waals surface area contributed by atoms with Crippen molar-refractivity contribution in [3.8, 4) is 5.75 Å². The van der Waals surface area contributed by atoms with Gasteiger partial charge in [-0.15, -0.1) is 10.1 Å². The molecular formula is C45H57N5O6. The Bertz CT molecular complexity index is 2120. The van der Waals surface area contributed by atoms with Crippen molar-refractivity contribution in [2.24, 2.45) is 17.8 Å². The first-order valence-electron chi connectivity index (χ1n) is 20.0. The zero-order chi connectivity index (χ0) is 38.5. The van der Waals surface area contributed by atoms with E-state index in [1.54, 1.807) is 11.8 Å². The number of carbonyl (C=O) groups is 2. The van der Waals surface area contributed by atoms with Gasteiger partial charge in [0, 0.05) is 46.2 Å². The normalized spacial score (nSPS) is 20.6. The van der Waals surface area contributed by atoms with E-state index in [0.29, 0.717) is 24.2 Å². The van der Waals surface area contributed by atoms with Gasteiger partial charge < -0.3 is 19.5 Å². The highest BCUT2D eigenvalue weighted by molar-refractivity contribution is 6.17. The minimum absolute atomic E-state index is 0. The molecule has 5 aromatic rings. The fraction of sp³-hybridized carbons (Fsp3) is 0.489. The fourth-order valence-corrected chi connectivity index (χ4v) is 9.97. The van der Waals surface area contributed by atoms with Crippen LogP contribution in [-0.2, 0) is 17.9 Å². The van der Waals surface area contributed by atoms with Gasteiger partial charge in [-0.25, -0.2) is 0 Å². The summed E-state index contributed by atoms with van der Waals surface area (Å²) in [5.41, 5.74) is 4.98. The Morgan fingerprint density at radius 3 is 2.11 bits per heavy atom. The van der Waals surface area contributed by atoms with E-state index in [4.69, 9.17) is 4.74 Å². The van der Waals surface area contributed by atoms with Crippen molar-refractivity contribution >= 4 is 33.5 Å². The molecule has 0 spiro atoms. The lowest BCUT2D eigenvalue weighted by Gasteiger charge is -2.56. The number of carbonyl (C=O) groups excluding carboxylic acids is 2. The number of amides is 1. The average Bonchev–Trinajstić information content (AvgIpc) is 3.68. The smallest absolute Gasteiger partial charge is 0.294 e. The molecule has 4 saturated carbocycles. The second kappa shape index (κ2) is 17.7. The summed E-state index contributed by atoms with van der Waals surface area (Å²) in [7, 11) is 1.63. The van der Waals surface area contributed by atoms with Crippen molar-refractivity contribution in [1.29, 1.82) is 0 Å². The van der Waals surface area contributed by atoms with Gasteiger partial charge in [0.05, 0.1) is 24.8 Å². The largest absolute Gasteiger partial charge is 0.497 e. The predicted octanol–water partition coefficient (Wildman–Crippen LogP) is 9.74. The van der Waals surface area contributed by atoms with E-state index < -0.39 is 5.09 Å². The SMILES string of the molecule is C.CCCCCCn1c(C)c(C(=O)c2ccc(OC)cc2)c2ccccc21.O=C(NC12CC3CC(CC(C3)C1)C2)c1nn(CCCO[N+](=O)[O-])c2ccccc12. The molecule has 0 aliphatic heterocycles. The molecule has 1 N–H and O–H groups in total. The molecule has 4 fully saturated rings. The molecule has 4 aliphatic rings. The molecule has 1 amide bonds. The molecule has 298 valence electrons. The van der Waals surface area contributed by atoms with Gasteiger partial charge in [0.15, 0.2) is 11.5 Å². The lowest BCUT2D eigenvalue weighted by molar-refractivity contribution is -0.757. The van der Waals surface area contributed by atoms with E-state index in [0.717, 1.165) is 88.8 Å². The monoisotopic (exact) mass is 763 g/mol. The van der Waals surface area contributed by atoms with Crippen LogP contribution in [0.5, 0.6) is 5.75 Å². The number of hydrogen-bond donors (Lipinski definition) is 1. The Kier molecular flexibility index (Phi) is 12.8. The van der Waals surface area contributed by atoms with E-state index in [1.807, 2.05) is 60.7 Å². The van der Waals surface area contributed by atoms with E-state index in [2.05, 4.69) is 45.8 Å². The lowest BCUT2D eigenvalue weighted by atomic mass is 9.53. The van der Waals surface area contributed by atoms with E-state index in [-0.39, 0.29) is 31.3 Å². The summed E-state index contributed by atoms with van der Waals surface area (Å²) in [6.07, 6.45) is 12.6. The summed E-state index contributed by atoms with van der Waals surface area (Å²) in [5, 5.41) is 19.4. The molecule has 2 heterocycles. The predicted molar refractivity (Wildman–Crippen MR) is 220 cm³/mol. The van der Waals surface area contributed by atoms with Gasteiger partial charge in [0.2, 0.25) is 0 Å². The number of benzene rings is 3. The highest BCUT2D eigenvalue weighted by Crippen LogP contribution is 2.55. The summed E-state index contributed by atoms with van der Waals surface area (Å²) >= 11 is 0. The summed E-state index contributed by atoms with van der Waals surface area (Å²) in [5.74, 6) is 3.03. The molecular weight excluding hydrogens is 707 g/mol. The van der Waals surface area contributed by atoms with Crippen molar-refractivity contribution in [1.82, 2.24) is 19.7 Å². The number of aryl methyl sites for hydroxylation is 2. The van der Waals surface area contributed by atoms with Crippen LogP contribution in [0.2, 0.25) is 0 Å².